The monoisotopic (exact) mass is 510 g/mol. The Morgan fingerprint density at radius 1 is 0.829 bits per heavy atom. The number of rotatable bonds is 9. The van der Waals surface area contributed by atoms with E-state index >= 15 is 0 Å². The van der Waals surface area contributed by atoms with Crippen LogP contribution in [0.1, 0.15) is 60.8 Å². The van der Waals surface area contributed by atoms with Gasteiger partial charge in [0.25, 0.3) is 8.32 Å². The maximum absolute atomic E-state index is 12.0. The van der Waals surface area contributed by atoms with Gasteiger partial charge in [-0.2, -0.15) is 0 Å². The van der Waals surface area contributed by atoms with Gasteiger partial charge in [0.05, 0.1) is 0 Å². The molecule has 0 heterocycles. The minimum atomic E-state index is -2.55. The molecule has 0 amide bonds. The average Bonchev–Trinajstić information content (AvgIpc) is 3.17. The summed E-state index contributed by atoms with van der Waals surface area (Å²) in [6.45, 7) is 19.0. The van der Waals surface area contributed by atoms with E-state index in [-0.39, 0.29) is 22.1 Å². The summed E-state index contributed by atoms with van der Waals surface area (Å²) in [7, 11) is -4.40. The number of benzene rings is 2. The fraction of sp³-hybridized carbons (Fsp3) is 0.567. The summed E-state index contributed by atoms with van der Waals surface area (Å²) in [6, 6.07) is 21.6. The SMILES string of the molecule is CC(C)(C)[Si](C)(C)O[C@H]1C[C@@H](CCO[Si](c2ccccc2)(c2ccccc2)C(C)(C)C)[C@H](C=O)C1. The van der Waals surface area contributed by atoms with E-state index in [4.69, 9.17) is 8.85 Å². The lowest BCUT2D eigenvalue weighted by molar-refractivity contribution is -0.112. The minimum Gasteiger partial charge on any atom is -0.414 e. The summed E-state index contributed by atoms with van der Waals surface area (Å²) in [5.74, 6) is 0.382. The van der Waals surface area contributed by atoms with Crippen LogP contribution < -0.4 is 10.4 Å². The average molecular weight is 511 g/mol. The molecule has 0 aliphatic heterocycles. The summed E-state index contributed by atoms with van der Waals surface area (Å²) < 4.78 is 13.8. The Morgan fingerprint density at radius 3 is 1.77 bits per heavy atom. The van der Waals surface area contributed by atoms with E-state index in [1.54, 1.807) is 0 Å². The molecule has 35 heavy (non-hydrogen) atoms. The second-order valence-corrected chi connectivity index (χ2v) is 21.9. The van der Waals surface area contributed by atoms with Crippen LogP contribution in [-0.4, -0.2) is 35.6 Å². The van der Waals surface area contributed by atoms with Crippen molar-refractivity contribution in [2.75, 3.05) is 6.61 Å². The van der Waals surface area contributed by atoms with Gasteiger partial charge in [0.2, 0.25) is 0 Å². The topological polar surface area (TPSA) is 35.5 Å². The van der Waals surface area contributed by atoms with Crippen LogP contribution in [0.25, 0.3) is 0 Å². The Hall–Kier alpha value is -1.54. The molecular formula is C30H46O3Si2. The van der Waals surface area contributed by atoms with Crippen LogP contribution in [0.3, 0.4) is 0 Å². The highest BCUT2D eigenvalue weighted by Gasteiger charge is 2.50. The Morgan fingerprint density at radius 2 is 1.34 bits per heavy atom. The largest absolute Gasteiger partial charge is 0.414 e. The Kier molecular flexibility index (Phi) is 8.68. The Balaban J connectivity index is 1.80. The smallest absolute Gasteiger partial charge is 0.261 e. The summed E-state index contributed by atoms with van der Waals surface area (Å²) >= 11 is 0. The normalized spacial score (nSPS) is 21.8. The van der Waals surface area contributed by atoms with E-state index in [0.29, 0.717) is 12.5 Å². The third kappa shape index (κ3) is 6.07. The molecule has 3 rings (SSSR count). The lowest BCUT2D eigenvalue weighted by Crippen LogP contribution is -2.66. The van der Waals surface area contributed by atoms with Gasteiger partial charge in [0, 0.05) is 18.6 Å². The fourth-order valence-electron chi connectivity index (χ4n) is 5.42. The van der Waals surface area contributed by atoms with Gasteiger partial charge < -0.3 is 13.6 Å². The van der Waals surface area contributed by atoms with Crippen LogP contribution >= 0.6 is 0 Å². The number of hydrogen-bond donors (Lipinski definition) is 0. The van der Waals surface area contributed by atoms with E-state index in [1.165, 1.54) is 16.7 Å². The minimum absolute atomic E-state index is 0.0383. The molecule has 3 atom stereocenters. The first-order valence-electron chi connectivity index (χ1n) is 13.2. The molecule has 0 bridgehead atoms. The van der Waals surface area contributed by atoms with Crippen molar-refractivity contribution in [1.29, 1.82) is 0 Å². The van der Waals surface area contributed by atoms with Gasteiger partial charge in [-0.05, 0) is 58.7 Å². The molecule has 0 aromatic heterocycles. The maximum Gasteiger partial charge on any atom is 0.261 e. The van der Waals surface area contributed by atoms with Crippen molar-refractivity contribution in [2.24, 2.45) is 11.8 Å². The first-order valence-corrected chi connectivity index (χ1v) is 18.0. The molecule has 1 fully saturated rings. The lowest BCUT2D eigenvalue weighted by Gasteiger charge is -2.43. The lowest BCUT2D eigenvalue weighted by atomic mass is 9.95. The summed E-state index contributed by atoms with van der Waals surface area (Å²) in [5, 5.41) is 2.74. The second kappa shape index (κ2) is 10.8. The van der Waals surface area contributed by atoms with Crippen LogP contribution in [0.5, 0.6) is 0 Å². The summed E-state index contributed by atoms with van der Waals surface area (Å²) in [4.78, 5) is 12.0. The van der Waals surface area contributed by atoms with Crippen molar-refractivity contribution in [3.63, 3.8) is 0 Å². The molecule has 2 aromatic carbocycles. The van der Waals surface area contributed by atoms with E-state index in [2.05, 4.69) is 115 Å². The van der Waals surface area contributed by atoms with Crippen molar-refractivity contribution in [3.8, 4) is 0 Å². The van der Waals surface area contributed by atoms with Gasteiger partial charge >= 0.3 is 0 Å². The standard InChI is InChI=1S/C30H46O3Si2/c1-29(2,3)34(7,8)33-26-21-24(25(22-26)23-31)19-20-32-35(30(4,5)6,27-15-11-9-12-16-27)28-17-13-10-14-18-28/h9-18,23-26H,19-22H2,1-8H3/t24-,25+,26+/m1/s1. The molecule has 0 unspecified atom stereocenters. The van der Waals surface area contributed by atoms with Gasteiger partial charge in [-0.3, -0.25) is 0 Å². The summed E-state index contributed by atoms with van der Waals surface area (Å²) in [5.41, 5.74) is 0. The molecule has 0 saturated heterocycles. The fourth-order valence-corrected chi connectivity index (χ4v) is 11.4. The molecule has 0 spiro atoms. The second-order valence-electron chi connectivity index (χ2n) is 12.8. The van der Waals surface area contributed by atoms with Crippen molar-refractivity contribution in [2.45, 2.75) is 90.1 Å². The number of carbonyl (C=O) groups excluding carboxylic acids is 1. The van der Waals surface area contributed by atoms with Gasteiger partial charge in [-0.25, -0.2) is 0 Å². The first kappa shape index (κ1) is 28.0. The van der Waals surface area contributed by atoms with Crippen molar-refractivity contribution < 1.29 is 13.6 Å². The van der Waals surface area contributed by atoms with Gasteiger partial charge in [-0.15, -0.1) is 0 Å². The predicted molar refractivity (Wildman–Crippen MR) is 153 cm³/mol. The van der Waals surface area contributed by atoms with Crippen molar-refractivity contribution >= 4 is 33.3 Å². The van der Waals surface area contributed by atoms with E-state index in [0.717, 1.165) is 19.3 Å². The van der Waals surface area contributed by atoms with Gasteiger partial charge in [0.15, 0.2) is 8.32 Å². The van der Waals surface area contributed by atoms with Gasteiger partial charge in [0.1, 0.15) is 6.29 Å². The van der Waals surface area contributed by atoms with Crippen molar-refractivity contribution in [3.05, 3.63) is 60.7 Å². The molecule has 2 aromatic rings. The highest BCUT2D eigenvalue weighted by atomic mass is 28.4. The molecule has 1 aliphatic rings. The Bertz CT molecular complexity index is 906. The van der Waals surface area contributed by atoms with Crippen LogP contribution in [0.4, 0.5) is 0 Å². The predicted octanol–water partition coefficient (Wildman–Crippen LogP) is 6.57. The molecule has 0 N–H and O–H groups in total. The highest BCUT2D eigenvalue weighted by molar-refractivity contribution is 6.99. The third-order valence-electron chi connectivity index (χ3n) is 8.37. The molecule has 192 valence electrons. The summed E-state index contributed by atoms with van der Waals surface area (Å²) in [6.07, 6.45) is 4.05. The Labute approximate surface area is 215 Å². The zero-order valence-corrected chi connectivity index (χ0v) is 25.1. The third-order valence-corrected chi connectivity index (χ3v) is 17.9. The number of carbonyl (C=O) groups is 1. The van der Waals surface area contributed by atoms with Crippen molar-refractivity contribution in [1.82, 2.24) is 0 Å². The molecule has 3 nitrogen and oxygen atoms in total. The number of aldehydes is 1. The molecule has 5 heteroatoms. The molecule has 1 aliphatic carbocycles. The van der Waals surface area contributed by atoms with E-state index in [1.807, 2.05) is 0 Å². The van der Waals surface area contributed by atoms with E-state index in [9.17, 15) is 4.79 Å². The maximum atomic E-state index is 12.0. The molecule has 1 saturated carbocycles. The van der Waals surface area contributed by atoms with Crippen LogP contribution in [0.2, 0.25) is 23.2 Å². The quantitative estimate of drug-likeness (QED) is 0.283. The molecular weight excluding hydrogens is 464 g/mol. The zero-order valence-electron chi connectivity index (χ0n) is 23.1. The van der Waals surface area contributed by atoms with Crippen LogP contribution in [0.15, 0.2) is 60.7 Å². The molecule has 0 radical (unpaired) electrons. The van der Waals surface area contributed by atoms with Crippen LogP contribution in [0, 0.1) is 11.8 Å². The zero-order chi connectivity index (χ0) is 25.9. The van der Waals surface area contributed by atoms with E-state index < -0.39 is 16.6 Å². The van der Waals surface area contributed by atoms with Gasteiger partial charge in [-0.1, -0.05) is 102 Å². The first-order chi connectivity index (χ1) is 16.3. The number of hydrogen-bond acceptors (Lipinski definition) is 3. The highest BCUT2D eigenvalue weighted by Crippen LogP contribution is 2.43. The van der Waals surface area contributed by atoms with Crippen LogP contribution in [-0.2, 0) is 13.6 Å².